The number of amides is 1. The monoisotopic (exact) mass is 299 g/mol. The number of carbonyl (C=O) groups is 1. The molecule has 0 fully saturated rings. The van der Waals surface area contributed by atoms with Crippen molar-refractivity contribution >= 4 is 5.91 Å². The Hall–Kier alpha value is -3.23. The molecule has 0 atom stereocenters. The summed E-state index contributed by atoms with van der Waals surface area (Å²) in [4.78, 5) is 29.3. The molecule has 3 rings (SSSR count). The van der Waals surface area contributed by atoms with E-state index in [1.807, 2.05) is 24.3 Å². The minimum Gasteiger partial charge on any atom is -0.345 e. The van der Waals surface area contributed by atoms with Crippen LogP contribution in [-0.2, 0) is 13.6 Å². The van der Waals surface area contributed by atoms with Gasteiger partial charge >= 0.3 is 5.69 Å². The molecule has 0 aliphatic heterocycles. The number of benzene rings is 1. The first kappa shape index (κ1) is 13.7. The Balaban J connectivity index is 1.64. The quantitative estimate of drug-likeness (QED) is 0.682. The van der Waals surface area contributed by atoms with Gasteiger partial charge in [-0.3, -0.25) is 9.78 Å². The summed E-state index contributed by atoms with van der Waals surface area (Å²) in [5.74, 6) is -0.440. The van der Waals surface area contributed by atoms with E-state index in [0.717, 1.165) is 15.9 Å². The van der Waals surface area contributed by atoms with E-state index >= 15 is 0 Å². The van der Waals surface area contributed by atoms with Crippen LogP contribution in [-0.4, -0.2) is 35.4 Å². The van der Waals surface area contributed by atoms with Gasteiger partial charge in [0.25, 0.3) is 5.91 Å². The Kier molecular flexibility index (Phi) is 3.52. The van der Waals surface area contributed by atoms with Gasteiger partial charge in [-0.1, -0.05) is 12.1 Å². The van der Waals surface area contributed by atoms with Crippen LogP contribution in [0.3, 0.4) is 0 Å². The van der Waals surface area contributed by atoms with E-state index < -0.39 is 11.6 Å². The number of aromatic amines is 1. The molecule has 1 amide bonds. The summed E-state index contributed by atoms with van der Waals surface area (Å²) in [6, 6.07) is 7.49. The Morgan fingerprint density at radius 3 is 2.68 bits per heavy atom. The summed E-state index contributed by atoms with van der Waals surface area (Å²) in [5, 5.41) is 10.5. The number of hydrogen-bond acceptors (Lipinski definition) is 5. The zero-order valence-electron chi connectivity index (χ0n) is 11.7. The Bertz CT molecular complexity index is 830. The highest BCUT2D eigenvalue weighted by atomic mass is 16.2. The first-order valence-electron chi connectivity index (χ1n) is 6.49. The van der Waals surface area contributed by atoms with Crippen LogP contribution < -0.4 is 11.0 Å². The Morgan fingerprint density at radius 2 is 2.09 bits per heavy atom. The minimum atomic E-state index is -0.432. The number of nitrogens with zero attached hydrogens (tertiary/aromatic N) is 5. The van der Waals surface area contributed by atoms with Crippen LogP contribution in [0.25, 0.3) is 5.69 Å². The Morgan fingerprint density at radius 1 is 1.32 bits per heavy atom. The van der Waals surface area contributed by atoms with Crippen LogP contribution in [0.1, 0.15) is 16.2 Å². The standard InChI is InChI=1S/C13H13N7O2/c1-19-13(22)17-11(18-19)12(21)15-6-9-2-4-10(5-3-9)20-8-14-7-16-20/h2-5,7-8H,6H2,1H3,(H,15,21)(H,17,18,22). The predicted molar refractivity (Wildman–Crippen MR) is 76.4 cm³/mol. The number of hydrogen-bond donors (Lipinski definition) is 2. The molecule has 3 aromatic rings. The average molecular weight is 299 g/mol. The summed E-state index contributed by atoms with van der Waals surface area (Å²) >= 11 is 0. The first-order chi connectivity index (χ1) is 10.6. The number of carbonyl (C=O) groups excluding carboxylic acids is 1. The largest absolute Gasteiger partial charge is 0.345 e. The summed E-state index contributed by atoms with van der Waals surface area (Å²) in [6.07, 6.45) is 3.07. The Labute approximate surface area is 124 Å². The van der Waals surface area contributed by atoms with Gasteiger partial charge in [-0.2, -0.15) is 5.10 Å². The summed E-state index contributed by atoms with van der Waals surface area (Å²) < 4.78 is 2.71. The van der Waals surface area contributed by atoms with Gasteiger partial charge in [-0.15, -0.1) is 5.10 Å². The highest BCUT2D eigenvalue weighted by molar-refractivity contribution is 5.90. The molecule has 112 valence electrons. The average Bonchev–Trinajstić information content (AvgIpc) is 3.16. The number of H-pyrrole nitrogens is 1. The maximum Gasteiger partial charge on any atom is 0.343 e. The van der Waals surface area contributed by atoms with Gasteiger partial charge in [0.1, 0.15) is 12.7 Å². The molecule has 0 aliphatic rings. The maximum absolute atomic E-state index is 11.9. The lowest BCUT2D eigenvalue weighted by atomic mass is 10.2. The third-order valence-corrected chi connectivity index (χ3v) is 3.06. The van der Waals surface area contributed by atoms with Gasteiger partial charge in [0, 0.05) is 13.6 Å². The lowest BCUT2D eigenvalue weighted by Crippen LogP contribution is -2.24. The van der Waals surface area contributed by atoms with Gasteiger partial charge in [-0.25, -0.2) is 19.1 Å². The van der Waals surface area contributed by atoms with Crippen molar-refractivity contribution < 1.29 is 4.79 Å². The second-order valence-electron chi connectivity index (χ2n) is 4.59. The van der Waals surface area contributed by atoms with Gasteiger partial charge in [0.05, 0.1) is 5.69 Å². The molecule has 0 saturated heterocycles. The van der Waals surface area contributed by atoms with Gasteiger partial charge in [0.2, 0.25) is 5.82 Å². The zero-order valence-corrected chi connectivity index (χ0v) is 11.7. The molecule has 0 aliphatic carbocycles. The molecule has 0 saturated carbocycles. The molecule has 0 bridgehead atoms. The first-order valence-corrected chi connectivity index (χ1v) is 6.49. The maximum atomic E-state index is 11.9. The van der Waals surface area contributed by atoms with E-state index in [0.29, 0.717) is 6.54 Å². The predicted octanol–water partition coefficient (Wildman–Crippen LogP) is -0.381. The minimum absolute atomic E-state index is 0.00765. The summed E-state index contributed by atoms with van der Waals surface area (Å²) in [7, 11) is 1.47. The topological polar surface area (TPSA) is 110 Å². The smallest absolute Gasteiger partial charge is 0.343 e. The van der Waals surface area contributed by atoms with E-state index in [2.05, 4.69) is 25.5 Å². The van der Waals surface area contributed by atoms with Gasteiger partial charge in [-0.05, 0) is 17.7 Å². The molecule has 2 N–H and O–H groups in total. The van der Waals surface area contributed by atoms with E-state index in [1.54, 1.807) is 11.0 Å². The number of nitrogens with one attached hydrogen (secondary N) is 2. The van der Waals surface area contributed by atoms with Crippen molar-refractivity contribution in [3.05, 3.63) is 58.8 Å². The molecule has 22 heavy (non-hydrogen) atoms. The highest BCUT2D eigenvalue weighted by Crippen LogP contribution is 2.07. The molecule has 9 heteroatoms. The fourth-order valence-electron chi connectivity index (χ4n) is 1.88. The van der Waals surface area contributed by atoms with Crippen LogP contribution in [0.15, 0.2) is 41.7 Å². The van der Waals surface area contributed by atoms with Crippen LogP contribution in [0.5, 0.6) is 0 Å². The fraction of sp³-hybridized carbons (Fsp3) is 0.154. The van der Waals surface area contributed by atoms with Crippen molar-refractivity contribution in [3.63, 3.8) is 0 Å². The lowest BCUT2D eigenvalue weighted by Gasteiger charge is -2.05. The van der Waals surface area contributed by atoms with Crippen molar-refractivity contribution in [2.45, 2.75) is 6.54 Å². The van der Waals surface area contributed by atoms with E-state index in [1.165, 1.54) is 13.4 Å². The molecule has 1 aromatic carbocycles. The normalized spacial score (nSPS) is 10.6. The molecular formula is C13H13N7O2. The lowest BCUT2D eigenvalue weighted by molar-refractivity contribution is 0.0940. The second-order valence-corrected chi connectivity index (χ2v) is 4.59. The van der Waals surface area contributed by atoms with E-state index in [-0.39, 0.29) is 5.82 Å². The number of aromatic nitrogens is 6. The van der Waals surface area contributed by atoms with Crippen molar-refractivity contribution in [1.29, 1.82) is 0 Å². The third kappa shape index (κ3) is 2.77. The second kappa shape index (κ2) is 5.64. The van der Waals surface area contributed by atoms with Gasteiger partial charge in [0.15, 0.2) is 0 Å². The van der Waals surface area contributed by atoms with Crippen LogP contribution in [0.4, 0.5) is 0 Å². The van der Waals surface area contributed by atoms with Crippen molar-refractivity contribution in [1.82, 2.24) is 34.8 Å². The fourth-order valence-corrected chi connectivity index (χ4v) is 1.88. The molecule has 0 radical (unpaired) electrons. The molecule has 0 spiro atoms. The summed E-state index contributed by atoms with van der Waals surface area (Å²) in [6.45, 7) is 0.328. The van der Waals surface area contributed by atoms with Crippen molar-refractivity contribution in [2.24, 2.45) is 7.05 Å². The molecule has 2 heterocycles. The molecule has 0 unspecified atom stereocenters. The number of rotatable bonds is 4. The van der Waals surface area contributed by atoms with Crippen molar-refractivity contribution in [3.8, 4) is 5.69 Å². The van der Waals surface area contributed by atoms with Crippen molar-refractivity contribution in [2.75, 3.05) is 0 Å². The highest BCUT2D eigenvalue weighted by Gasteiger charge is 2.11. The van der Waals surface area contributed by atoms with E-state index in [4.69, 9.17) is 0 Å². The molecule has 2 aromatic heterocycles. The molecular weight excluding hydrogens is 286 g/mol. The van der Waals surface area contributed by atoms with Crippen LogP contribution >= 0.6 is 0 Å². The van der Waals surface area contributed by atoms with E-state index in [9.17, 15) is 9.59 Å². The van der Waals surface area contributed by atoms with Crippen LogP contribution in [0.2, 0.25) is 0 Å². The number of aryl methyl sites for hydroxylation is 1. The van der Waals surface area contributed by atoms with Gasteiger partial charge < -0.3 is 5.32 Å². The van der Waals surface area contributed by atoms with Crippen LogP contribution in [0, 0.1) is 0 Å². The SMILES string of the molecule is Cn1nc(C(=O)NCc2ccc(-n3cncn3)cc2)[nH]c1=O. The summed E-state index contributed by atoms with van der Waals surface area (Å²) in [5.41, 5.74) is 1.36. The molecule has 9 nitrogen and oxygen atoms in total. The third-order valence-electron chi connectivity index (χ3n) is 3.06. The zero-order chi connectivity index (χ0) is 15.5.